The Hall–Kier alpha value is -2.13. The highest BCUT2D eigenvalue weighted by Gasteiger charge is 2.14. The van der Waals surface area contributed by atoms with E-state index in [-0.39, 0.29) is 0 Å². The number of aliphatic imine (C=N–C) groups is 1. The third-order valence-electron chi connectivity index (χ3n) is 4.06. The van der Waals surface area contributed by atoms with Crippen LogP contribution in [0.5, 0.6) is 0 Å². The van der Waals surface area contributed by atoms with E-state index >= 15 is 0 Å². The van der Waals surface area contributed by atoms with Gasteiger partial charge in [0.25, 0.3) is 0 Å². The number of nitrogens with one attached hydrogen (secondary N) is 1. The van der Waals surface area contributed by atoms with E-state index < -0.39 is 0 Å². The maximum atomic E-state index is 4.31. The van der Waals surface area contributed by atoms with Gasteiger partial charge in [0.2, 0.25) is 0 Å². The van der Waals surface area contributed by atoms with Gasteiger partial charge in [0.1, 0.15) is 0 Å². The lowest BCUT2D eigenvalue weighted by molar-refractivity contribution is 0.298. The van der Waals surface area contributed by atoms with Gasteiger partial charge in [-0.15, -0.1) is 0 Å². The molecule has 2 aromatic carbocycles. The highest BCUT2D eigenvalue weighted by Crippen LogP contribution is 2.27. The fraction of sp³-hybridized carbons (Fsp3) is 0.316. The zero-order valence-corrected chi connectivity index (χ0v) is 12.9. The van der Waals surface area contributed by atoms with Crippen LogP contribution in [0.25, 0.3) is 0 Å². The Morgan fingerprint density at radius 3 is 2.14 bits per heavy atom. The van der Waals surface area contributed by atoms with Crippen LogP contribution in [-0.4, -0.2) is 31.0 Å². The SMILES string of the molecule is C1=NCCCN1NCCC(c1ccccc1)c1ccccc1. The molecular formula is C19H23N3. The van der Waals surface area contributed by atoms with Gasteiger partial charge in [0.05, 0.1) is 6.34 Å². The number of hydrazine groups is 1. The standard InChI is InChI=1S/C19H23N3/c1-3-8-17(9-4-1)19(18-10-5-2-6-11-18)12-14-21-22-15-7-13-20-16-22/h1-6,8-11,16,19,21H,7,12-15H2. The van der Waals surface area contributed by atoms with E-state index in [4.69, 9.17) is 0 Å². The average Bonchev–Trinajstić information content (AvgIpc) is 2.61. The Balaban J connectivity index is 1.67. The molecule has 0 aromatic heterocycles. The van der Waals surface area contributed by atoms with Gasteiger partial charge >= 0.3 is 0 Å². The fourth-order valence-corrected chi connectivity index (χ4v) is 2.92. The summed E-state index contributed by atoms with van der Waals surface area (Å²) in [5.74, 6) is 0.427. The largest absolute Gasteiger partial charge is 0.299 e. The molecule has 22 heavy (non-hydrogen) atoms. The lowest BCUT2D eigenvalue weighted by atomic mass is 9.89. The summed E-state index contributed by atoms with van der Waals surface area (Å²) < 4.78 is 0. The van der Waals surface area contributed by atoms with Crippen LogP contribution in [-0.2, 0) is 0 Å². The predicted molar refractivity (Wildman–Crippen MR) is 92.0 cm³/mol. The topological polar surface area (TPSA) is 27.6 Å². The van der Waals surface area contributed by atoms with E-state index in [1.165, 1.54) is 11.1 Å². The number of benzene rings is 2. The highest BCUT2D eigenvalue weighted by molar-refractivity contribution is 5.54. The van der Waals surface area contributed by atoms with Crippen molar-refractivity contribution in [1.29, 1.82) is 0 Å². The summed E-state index contributed by atoms with van der Waals surface area (Å²) in [5, 5.41) is 2.11. The van der Waals surface area contributed by atoms with E-state index in [9.17, 15) is 0 Å². The molecule has 0 spiro atoms. The molecule has 1 aliphatic heterocycles. The summed E-state index contributed by atoms with van der Waals surface area (Å²) in [6.07, 6.45) is 4.12. The summed E-state index contributed by atoms with van der Waals surface area (Å²) in [6.45, 7) is 2.94. The molecule has 0 atom stereocenters. The van der Waals surface area contributed by atoms with Crippen molar-refractivity contribution in [1.82, 2.24) is 10.4 Å². The van der Waals surface area contributed by atoms with Gasteiger partial charge in [-0.2, -0.15) is 0 Å². The molecule has 1 heterocycles. The van der Waals surface area contributed by atoms with E-state index in [1.54, 1.807) is 0 Å². The zero-order valence-electron chi connectivity index (χ0n) is 12.9. The monoisotopic (exact) mass is 293 g/mol. The zero-order chi connectivity index (χ0) is 15.0. The van der Waals surface area contributed by atoms with E-state index in [1.807, 2.05) is 6.34 Å². The molecule has 0 aliphatic carbocycles. The lowest BCUT2D eigenvalue weighted by Crippen LogP contribution is -2.40. The van der Waals surface area contributed by atoms with Crippen molar-refractivity contribution >= 4 is 6.34 Å². The van der Waals surface area contributed by atoms with E-state index in [0.717, 1.165) is 32.5 Å². The molecule has 0 unspecified atom stereocenters. The molecule has 0 fully saturated rings. The first-order valence-electron chi connectivity index (χ1n) is 8.03. The Morgan fingerprint density at radius 1 is 0.955 bits per heavy atom. The van der Waals surface area contributed by atoms with Crippen LogP contribution < -0.4 is 5.43 Å². The van der Waals surface area contributed by atoms with Gasteiger partial charge in [-0.1, -0.05) is 60.7 Å². The second kappa shape index (κ2) is 7.76. The molecule has 2 aromatic rings. The predicted octanol–water partition coefficient (Wildman–Crippen LogP) is 3.45. The second-order valence-corrected chi connectivity index (χ2v) is 5.64. The normalized spacial score (nSPS) is 14.5. The van der Waals surface area contributed by atoms with Gasteiger partial charge in [-0.25, -0.2) is 5.43 Å². The van der Waals surface area contributed by atoms with Gasteiger partial charge in [-0.3, -0.25) is 10.0 Å². The quantitative estimate of drug-likeness (QED) is 0.883. The van der Waals surface area contributed by atoms with Crippen molar-refractivity contribution in [3.63, 3.8) is 0 Å². The smallest absolute Gasteiger partial charge is 0.0992 e. The van der Waals surface area contributed by atoms with Gasteiger partial charge in [0.15, 0.2) is 0 Å². The minimum Gasteiger partial charge on any atom is -0.299 e. The minimum absolute atomic E-state index is 0.427. The molecule has 3 nitrogen and oxygen atoms in total. The van der Waals surface area contributed by atoms with Crippen molar-refractivity contribution in [3.05, 3.63) is 71.8 Å². The molecule has 0 saturated carbocycles. The Kier molecular flexibility index (Phi) is 5.22. The molecule has 0 bridgehead atoms. The van der Waals surface area contributed by atoms with Gasteiger partial charge < -0.3 is 0 Å². The molecule has 0 radical (unpaired) electrons. The summed E-state index contributed by atoms with van der Waals surface area (Å²) in [5.41, 5.74) is 6.23. The van der Waals surface area contributed by atoms with Crippen LogP contribution in [0.2, 0.25) is 0 Å². The lowest BCUT2D eigenvalue weighted by Gasteiger charge is -2.25. The van der Waals surface area contributed by atoms with Crippen molar-refractivity contribution in [2.75, 3.05) is 19.6 Å². The van der Waals surface area contributed by atoms with E-state index in [2.05, 4.69) is 76.1 Å². The minimum atomic E-state index is 0.427. The van der Waals surface area contributed by atoms with Crippen LogP contribution in [0.3, 0.4) is 0 Å². The third-order valence-corrected chi connectivity index (χ3v) is 4.06. The van der Waals surface area contributed by atoms with Crippen molar-refractivity contribution in [3.8, 4) is 0 Å². The summed E-state index contributed by atoms with van der Waals surface area (Å²) in [6, 6.07) is 21.5. The summed E-state index contributed by atoms with van der Waals surface area (Å²) in [7, 11) is 0. The van der Waals surface area contributed by atoms with Crippen molar-refractivity contribution in [2.24, 2.45) is 4.99 Å². The van der Waals surface area contributed by atoms with Crippen LogP contribution >= 0.6 is 0 Å². The van der Waals surface area contributed by atoms with Crippen LogP contribution in [0, 0.1) is 0 Å². The second-order valence-electron chi connectivity index (χ2n) is 5.64. The van der Waals surface area contributed by atoms with Crippen LogP contribution in [0.4, 0.5) is 0 Å². The Morgan fingerprint density at radius 2 is 1.59 bits per heavy atom. The van der Waals surface area contributed by atoms with Crippen LogP contribution in [0.1, 0.15) is 29.9 Å². The third kappa shape index (κ3) is 3.95. The highest BCUT2D eigenvalue weighted by atomic mass is 15.5. The van der Waals surface area contributed by atoms with Gasteiger partial charge in [-0.05, 0) is 24.0 Å². The average molecular weight is 293 g/mol. The molecule has 1 N–H and O–H groups in total. The number of nitrogens with zero attached hydrogens (tertiary/aromatic N) is 2. The molecule has 1 aliphatic rings. The first-order valence-corrected chi connectivity index (χ1v) is 8.03. The Labute approximate surface area is 132 Å². The maximum Gasteiger partial charge on any atom is 0.0992 e. The molecular weight excluding hydrogens is 270 g/mol. The molecule has 3 rings (SSSR count). The number of hydrogen-bond acceptors (Lipinski definition) is 3. The summed E-state index contributed by atoms with van der Waals surface area (Å²) in [4.78, 5) is 4.31. The fourth-order valence-electron chi connectivity index (χ4n) is 2.92. The van der Waals surface area contributed by atoms with Crippen molar-refractivity contribution in [2.45, 2.75) is 18.8 Å². The first kappa shape index (κ1) is 14.8. The molecule has 114 valence electrons. The van der Waals surface area contributed by atoms with Crippen LogP contribution in [0.15, 0.2) is 65.7 Å². The molecule has 0 saturated heterocycles. The van der Waals surface area contributed by atoms with Gasteiger partial charge in [0, 0.05) is 25.6 Å². The summed E-state index contributed by atoms with van der Waals surface area (Å²) >= 11 is 0. The first-order chi connectivity index (χ1) is 10.9. The number of hydrogen-bond donors (Lipinski definition) is 1. The van der Waals surface area contributed by atoms with Crippen molar-refractivity contribution < 1.29 is 0 Å². The Bertz CT molecular complexity index is 541. The number of rotatable bonds is 6. The molecule has 0 amide bonds. The molecule has 3 heteroatoms. The van der Waals surface area contributed by atoms with E-state index in [0.29, 0.717) is 5.92 Å². The maximum absolute atomic E-state index is 4.31.